The summed E-state index contributed by atoms with van der Waals surface area (Å²) < 4.78 is 5.86. The highest BCUT2D eigenvalue weighted by Crippen LogP contribution is 2.27. The summed E-state index contributed by atoms with van der Waals surface area (Å²) in [6.45, 7) is 4.03. The van der Waals surface area contributed by atoms with Crippen molar-refractivity contribution in [2.24, 2.45) is 5.92 Å². The van der Waals surface area contributed by atoms with Gasteiger partial charge >= 0.3 is 0 Å². The Bertz CT molecular complexity index is 499. The van der Waals surface area contributed by atoms with Crippen LogP contribution in [0.15, 0.2) is 18.2 Å². The van der Waals surface area contributed by atoms with Crippen molar-refractivity contribution in [2.75, 3.05) is 11.1 Å². The lowest BCUT2D eigenvalue weighted by Gasteiger charge is -2.28. The van der Waals surface area contributed by atoms with Crippen molar-refractivity contribution in [1.29, 1.82) is 0 Å². The highest BCUT2D eigenvalue weighted by atomic mass is 35.5. The molecule has 0 aliphatic heterocycles. The Morgan fingerprint density at radius 1 is 1.38 bits per heavy atom. The Kier molecular flexibility index (Phi) is 5.48. The summed E-state index contributed by atoms with van der Waals surface area (Å²) in [5.41, 5.74) is 6.84. The largest absolute Gasteiger partial charge is 0.397 e. The summed E-state index contributed by atoms with van der Waals surface area (Å²) in [7, 11) is 0. The molecule has 1 aromatic rings. The molecule has 116 valence electrons. The van der Waals surface area contributed by atoms with Crippen molar-refractivity contribution < 1.29 is 9.53 Å². The fourth-order valence-electron chi connectivity index (χ4n) is 2.59. The van der Waals surface area contributed by atoms with Gasteiger partial charge in [-0.15, -0.1) is 0 Å². The summed E-state index contributed by atoms with van der Waals surface area (Å²) in [5, 5.41) is 3.31. The summed E-state index contributed by atoms with van der Waals surface area (Å²) >= 11 is 5.91. The average molecular weight is 311 g/mol. The minimum atomic E-state index is -0.498. The predicted octanol–water partition coefficient (Wildman–Crippen LogP) is 3.84. The van der Waals surface area contributed by atoms with Gasteiger partial charge in [-0.3, -0.25) is 4.79 Å². The van der Waals surface area contributed by atoms with E-state index in [4.69, 9.17) is 22.1 Å². The quantitative estimate of drug-likeness (QED) is 0.830. The summed E-state index contributed by atoms with van der Waals surface area (Å²) in [6, 6.07) is 5.01. The molecule has 0 aromatic heterocycles. The van der Waals surface area contributed by atoms with Crippen LogP contribution in [0.5, 0.6) is 0 Å². The first-order valence-corrected chi connectivity index (χ1v) is 7.85. The first-order valence-electron chi connectivity index (χ1n) is 7.47. The fraction of sp³-hybridized carbons (Fsp3) is 0.562. The molecule has 1 atom stereocenters. The number of hydrogen-bond donors (Lipinski definition) is 2. The maximum Gasteiger partial charge on any atom is 0.253 e. The minimum absolute atomic E-state index is 0.179. The number of amides is 1. The molecule has 21 heavy (non-hydrogen) atoms. The third-order valence-electron chi connectivity index (χ3n) is 4.00. The van der Waals surface area contributed by atoms with Gasteiger partial charge in [-0.05, 0) is 56.7 Å². The number of carbonyl (C=O) groups is 1. The van der Waals surface area contributed by atoms with Crippen LogP contribution in [0.4, 0.5) is 11.4 Å². The molecule has 2 rings (SSSR count). The molecule has 1 fully saturated rings. The van der Waals surface area contributed by atoms with Gasteiger partial charge in [-0.25, -0.2) is 0 Å². The van der Waals surface area contributed by atoms with Gasteiger partial charge in [-0.1, -0.05) is 18.5 Å². The highest BCUT2D eigenvalue weighted by molar-refractivity contribution is 6.31. The van der Waals surface area contributed by atoms with E-state index in [1.165, 1.54) is 12.8 Å². The Hall–Kier alpha value is -1.26. The minimum Gasteiger partial charge on any atom is -0.397 e. The monoisotopic (exact) mass is 310 g/mol. The Labute approximate surface area is 131 Å². The van der Waals surface area contributed by atoms with E-state index >= 15 is 0 Å². The van der Waals surface area contributed by atoms with Gasteiger partial charge in [0.15, 0.2) is 0 Å². The molecule has 1 saturated carbocycles. The molecule has 0 heterocycles. The van der Waals surface area contributed by atoms with E-state index in [1.807, 2.05) is 0 Å². The Morgan fingerprint density at radius 2 is 2.05 bits per heavy atom. The van der Waals surface area contributed by atoms with Crippen LogP contribution in [0.2, 0.25) is 5.02 Å². The van der Waals surface area contributed by atoms with Crippen LogP contribution in [0.3, 0.4) is 0 Å². The van der Waals surface area contributed by atoms with Crippen molar-refractivity contribution >= 4 is 28.9 Å². The van der Waals surface area contributed by atoms with Gasteiger partial charge in [0, 0.05) is 5.02 Å². The molecule has 0 spiro atoms. The number of halogens is 1. The fourth-order valence-corrected chi connectivity index (χ4v) is 2.76. The van der Waals surface area contributed by atoms with E-state index in [0.717, 1.165) is 18.8 Å². The molecule has 1 aliphatic carbocycles. The molecule has 3 N–H and O–H groups in total. The van der Waals surface area contributed by atoms with Crippen LogP contribution in [-0.4, -0.2) is 18.1 Å². The lowest BCUT2D eigenvalue weighted by Crippen LogP contribution is -2.33. The van der Waals surface area contributed by atoms with Crippen LogP contribution in [0.1, 0.15) is 39.5 Å². The first kappa shape index (κ1) is 16.1. The zero-order valence-electron chi connectivity index (χ0n) is 12.6. The standard InChI is InChI=1S/C16H23ClN2O2/c1-10-3-6-13(7-4-10)21-11(2)16(20)19-15-9-12(17)5-8-14(15)18/h5,8-11,13H,3-4,6-7,18H2,1-2H3,(H,19,20). The topological polar surface area (TPSA) is 64.3 Å². The first-order chi connectivity index (χ1) is 9.95. The van der Waals surface area contributed by atoms with Crippen molar-refractivity contribution in [1.82, 2.24) is 0 Å². The number of anilines is 2. The van der Waals surface area contributed by atoms with Crippen LogP contribution < -0.4 is 11.1 Å². The van der Waals surface area contributed by atoms with E-state index in [0.29, 0.717) is 16.4 Å². The second-order valence-corrected chi connectivity index (χ2v) is 6.32. The molecule has 0 saturated heterocycles. The molecule has 4 nitrogen and oxygen atoms in total. The van der Waals surface area contributed by atoms with Gasteiger partial charge in [0.25, 0.3) is 5.91 Å². The molecule has 1 unspecified atom stereocenters. The number of benzene rings is 1. The molecule has 5 heteroatoms. The number of rotatable bonds is 4. The smallest absolute Gasteiger partial charge is 0.253 e. The van der Waals surface area contributed by atoms with Crippen LogP contribution in [0, 0.1) is 5.92 Å². The van der Waals surface area contributed by atoms with E-state index in [2.05, 4.69) is 12.2 Å². The van der Waals surface area contributed by atoms with E-state index in [9.17, 15) is 4.79 Å². The zero-order valence-corrected chi connectivity index (χ0v) is 13.3. The molecule has 0 bridgehead atoms. The van der Waals surface area contributed by atoms with Gasteiger partial charge in [0.05, 0.1) is 17.5 Å². The normalized spacial score (nSPS) is 23.6. The maximum absolute atomic E-state index is 12.2. The van der Waals surface area contributed by atoms with Crippen LogP contribution >= 0.6 is 11.6 Å². The third kappa shape index (κ3) is 4.61. The number of carbonyl (C=O) groups excluding carboxylic acids is 1. The molecule has 1 aromatic carbocycles. The predicted molar refractivity (Wildman–Crippen MR) is 86.5 cm³/mol. The van der Waals surface area contributed by atoms with Gasteiger partial charge < -0.3 is 15.8 Å². The van der Waals surface area contributed by atoms with Crippen molar-refractivity contribution in [3.8, 4) is 0 Å². The number of ether oxygens (including phenoxy) is 1. The molecule has 1 amide bonds. The van der Waals surface area contributed by atoms with E-state index in [-0.39, 0.29) is 12.0 Å². The number of nitrogen functional groups attached to an aromatic ring is 1. The van der Waals surface area contributed by atoms with Crippen molar-refractivity contribution in [2.45, 2.75) is 51.7 Å². The zero-order chi connectivity index (χ0) is 15.4. The van der Waals surface area contributed by atoms with Gasteiger partial charge in [0.2, 0.25) is 0 Å². The Morgan fingerprint density at radius 3 is 2.71 bits per heavy atom. The van der Waals surface area contributed by atoms with E-state index < -0.39 is 6.10 Å². The maximum atomic E-state index is 12.2. The number of nitrogens with one attached hydrogen (secondary N) is 1. The third-order valence-corrected chi connectivity index (χ3v) is 4.24. The van der Waals surface area contributed by atoms with Gasteiger partial charge in [-0.2, -0.15) is 0 Å². The summed E-state index contributed by atoms with van der Waals surface area (Å²) in [6.07, 6.45) is 4.07. The molecule has 1 aliphatic rings. The average Bonchev–Trinajstić information content (AvgIpc) is 2.45. The molecule has 0 radical (unpaired) electrons. The Balaban J connectivity index is 1.89. The van der Waals surface area contributed by atoms with Crippen molar-refractivity contribution in [3.63, 3.8) is 0 Å². The number of nitrogens with two attached hydrogens (primary N) is 1. The lowest BCUT2D eigenvalue weighted by atomic mass is 9.89. The molecular weight excluding hydrogens is 288 g/mol. The van der Waals surface area contributed by atoms with Crippen LogP contribution in [-0.2, 0) is 9.53 Å². The highest BCUT2D eigenvalue weighted by Gasteiger charge is 2.23. The summed E-state index contributed by atoms with van der Waals surface area (Å²) in [4.78, 5) is 12.2. The second-order valence-electron chi connectivity index (χ2n) is 5.88. The molecular formula is C16H23ClN2O2. The second kappa shape index (κ2) is 7.14. The van der Waals surface area contributed by atoms with E-state index in [1.54, 1.807) is 25.1 Å². The SMILES string of the molecule is CC1CCC(OC(C)C(=O)Nc2cc(Cl)ccc2N)CC1. The lowest BCUT2D eigenvalue weighted by molar-refractivity contribution is -0.131. The van der Waals surface area contributed by atoms with Gasteiger partial charge in [0.1, 0.15) is 6.10 Å². The van der Waals surface area contributed by atoms with Crippen molar-refractivity contribution in [3.05, 3.63) is 23.2 Å². The number of hydrogen-bond acceptors (Lipinski definition) is 3. The van der Waals surface area contributed by atoms with Crippen LogP contribution in [0.25, 0.3) is 0 Å². The summed E-state index contributed by atoms with van der Waals surface area (Å²) in [5.74, 6) is 0.572.